The number of ether oxygens (including phenoxy) is 2. The fraction of sp³-hybridized carbons (Fsp3) is 0.517. The van der Waals surface area contributed by atoms with E-state index in [0.29, 0.717) is 36.6 Å². The number of fused-ring (bicyclic) bond motifs is 1. The summed E-state index contributed by atoms with van der Waals surface area (Å²) in [5.41, 5.74) is 2.42. The van der Waals surface area contributed by atoms with Crippen LogP contribution in [0.15, 0.2) is 48.5 Å². The van der Waals surface area contributed by atoms with Gasteiger partial charge in [-0.2, -0.15) is 0 Å². The molecule has 0 spiro atoms. The van der Waals surface area contributed by atoms with Crippen molar-refractivity contribution < 1.29 is 19.1 Å². The third-order valence-corrected chi connectivity index (χ3v) is 6.87. The molecule has 0 saturated carbocycles. The van der Waals surface area contributed by atoms with Crippen LogP contribution in [0.2, 0.25) is 0 Å². The van der Waals surface area contributed by atoms with Gasteiger partial charge in [-0.1, -0.05) is 44.2 Å². The van der Waals surface area contributed by atoms with Gasteiger partial charge in [0.15, 0.2) is 0 Å². The minimum atomic E-state index is -0.125. The number of rotatable bonds is 7. The van der Waals surface area contributed by atoms with E-state index in [2.05, 4.69) is 48.3 Å². The molecule has 0 fully saturated rings. The van der Waals surface area contributed by atoms with E-state index in [1.54, 1.807) is 37.3 Å². The quantitative estimate of drug-likeness (QED) is 0.614. The molecule has 1 aliphatic rings. The van der Waals surface area contributed by atoms with Crippen molar-refractivity contribution in [3.8, 4) is 5.75 Å². The van der Waals surface area contributed by atoms with Gasteiger partial charge in [0.2, 0.25) is 5.91 Å². The largest absolute Gasteiger partial charge is 0.491 e. The first-order chi connectivity index (χ1) is 17.3. The molecule has 0 aromatic heterocycles. The second kappa shape index (κ2) is 13.4. The van der Waals surface area contributed by atoms with Crippen LogP contribution in [0, 0.1) is 5.92 Å². The lowest BCUT2D eigenvalue weighted by Crippen LogP contribution is -2.47. The van der Waals surface area contributed by atoms with Gasteiger partial charge in [0, 0.05) is 58.0 Å². The van der Waals surface area contributed by atoms with Crippen LogP contribution >= 0.6 is 0 Å². The Morgan fingerprint density at radius 2 is 1.89 bits per heavy atom. The summed E-state index contributed by atoms with van der Waals surface area (Å²) < 4.78 is 12.1. The van der Waals surface area contributed by atoms with Gasteiger partial charge in [-0.25, -0.2) is 0 Å². The van der Waals surface area contributed by atoms with Crippen molar-refractivity contribution in [2.24, 2.45) is 5.92 Å². The number of amides is 2. The summed E-state index contributed by atoms with van der Waals surface area (Å²) in [5, 5.41) is 2.91. The summed E-state index contributed by atoms with van der Waals surface area (Å²) in [6.07, 6.45) is 2.06. The molecule has 7 nitrogen and oxygen atoms in total. The van der Waals surface area contributed by atoms with Crippen LogP contribution in [-0.2, 0) is 16.0 Å². The summed E-state index contributed by atoms with van der Waals surface area (Å²) in [7, 11) is 3.51. The number of carbonyl (C=O) groups excluding carboxylic acids is 2. The molecule has 2 aromatic carbocycles. The number of likely N-dealkylation sites (N-methyl/N-ethyl adjacent to an activating group) is 1. The second-order valence-electron chi connectivity index (χ2n) is 9.84. The van der Waals surface area contributed by atoms with Crippen molar-refractivity contribution in [1.29, 1.82) is 0 Å². The molecule has 36 heavy (non-hydrogen) atoms. The Bertz CT molecular complexity index is 997. The summed E-state index contributed by atoms with van der Waals surface area (Å²) in [6, 6.07) is 15.9. The van der Waals surface area contributed by atoms with Crippen LogP contribution < -0.4 is 10.1 Å². The predicted molar refractivity (Wildman–Crippen MR) is 144 cm³/mol. The average molecular weight is 496 g/mol. The second-order valence-corrected chi connectivity index (χ2v) is 9.84. The fourth-order valence-electron chi connectivity index (χ4n) is 4.60. The maximum atomic E-state index is 13.4. The molecule has 2 amide bonds. The molecular weight excluding hydrogens is 454 g/mol. The van der Waals surface area contributed by atoms with Gasteiger partial charge in [-0.15, -0.1) is 0 Å². The lowest BCUT2D eigenvalue weighted by atomic mass is 10.0. The topological polar surface area (TPSA) is 71.1 Å². The lowest BCUT2D eigenvalue weighted by molar-refractivity contribution is -0.116. The minimum absolute atomic E-state index is 0.0496. The number of anilines is 1. The van der Waals surface area contributed by atoms with Crippen molar-refractivity contribution >= 4 is 17.5 Å². The molecule has 0 saturated heterocycles. The number of nitrogens with zero attached hydrogens (tertiary/aromatic N) is 2. The lowest BCUT2D eigenvalue weighted by Gasteiger charge is -2.36. The van der Waals surface area contributed by atoms with Crippen LogP contribution in [0.25, 0.3) is 0 Å². The van der Waals surface area contributed by atoms with E-state index in [4.69, 9.17) is 9.47 Å². The van der Waals surface area contributed by atoms with E-state index >= 15 is 0 Å². The number of benzene rings is 2. The Balaban J connectivity index is 1.87. The third kappa shape index (κ3) is 7.55. The summed E-state index contributed by atoms with van der Waals surface area (Å²) in [4.78, 5) is 29.6. The van der Waals surface area contributed by atoms with Crippen LogP contribution in [-0.4, -0.2) is 74.2 Å². The molecule has 1 N–H and O–H groups in total. The van der Waals surface area contributed by atoms with Crippen LogP contribution in [0.1, 0.15) is 49.5 Å². The fourth-order valence-corrected chi connectivity index (χ4v) is 4.60. The van der Waals surface area contributed by atoms with Gasteiger partial charge in [-0.3, -0.25) is 14.5 Å². The highest BCUT2D eigenvalue weighted by Crippen LogP contribution is 2.27. The van der Waals surface area contributed by atoms with Gasteiger partial charge >= 0.3 is 0 Å². The molecule has 7 heteroatoms. The predicted octanol–water partition coefficient (Wildman–Crippen LogP) is 4.47. The summed E-state index contributed by atoms with van der Waals surface area (Å²) in [5.74, 6) is 0.531. The first-order valence-corrected chi connectivity index (χ1v) is 12.9. The molecule has 0 unspecified atom stereocenters. The van der Waals surface area contributed by atoms with Crippen molar-refractivity contribution in [1.82, 2.24) is 9.80 Å². The van der Waals surface area contributed by atoms with Gasteiger partial charge in [0.25, 0.3) is 5.91 Å². The summed E-state index contributed by atoms with van der Waals surface area (Å²) >= 11 is 0. The monoisotopic (exact) mass is 495 g/mol. The Hall–Kier alpha value is -2.90. The molecule has 1 heterocycles. The zero-order valence-corrected chi connectivity index (χ0v) is 22.3. The van der Waals surface area contributed by atoms with Crippen molar-refractivity contribution in [3.05, 3.63) is 59.7 Å². The molecule has 3 rings (SSSR count). The van der Waals surface area contributed by atoms with Gasteiger partial charge in [0.1, 0.15) is 12.4 Å². The van der Waals surface area contributed by atoms with E-state index in [1.165, 1.54) is 5.56 Å². The minimum Gasteiger partial charge on any atom is -0.491 e. The zero-order chi connectivity index (χ0) is 26.1. The highest BCUT2D eigenvalue weighted by Gasteiger charge is 2.28. The van der Waals surface area contributed by atoms with E-state index < -0.39 is 0 Å². The maximum Gasteiger partial charge on any atom is 0.257 e. The Morgan fingerprint density at radius 1 is 1.14 bits per heavy atom. The zero-order valence-electron chi connectivity index (χ0n) is 22.3. The Morgan fingerprint density at radius 3 is 2.58 bits per heavy atom. The molecule has 1 aliphatic heterocycles. The van der Waals surface area contributed by atoms with E-state index in [-0.39, 0.29) is 29.9 Å². The highest BCUT2D eigenvalue weighted by molar-refractivity contribution is 5.98. The van der Waals surface area contributed by atoms with E-state index in [1.807, 2.05) is 13.0 Å². The molecule has 0 aliphatic carbocycles. The van der Waals surface area contributed by atoms with Gasteiger partial charge in [-0.05, 0) is 43.4 Å². The van der Waals surface area contributed by atoms with Gasteiger partial charge < -0.3 is 19.7 Å². The van der Waals surface area contributed by atoms with E-state index in [0.717, 1.165) is 25.9 Å². The third-order valence-electron chi connectivity index (χ3n) is 6.87. The highest BCUT2D eigenvalue weighted by atomic mass is 16.5. The number of hydrogen-bond donors (Lipinski definition) is 1. The molecule has 3 atom stereocenters. The standard InChI is InChI=1S/C29H41N3O4/c1-6-10-28(33)30-24-13-14-25-26(17-24)36-20-22(3)32(16-15-23-11-8-7-9-12-23)18-21(2)27(35-5)19-31(4)29(25)34/h7-9,11-14,17,21-22,27H,6,10,15-16,18-20H2,1-5H3,(H,30,33)/t21-,22+,27-/m1/s1. The van der Waals surface area contributed by atoms with Gasteiger partial charge in [0.05, 0.1) is 11.7 Å². The maximum absolute atomic E-state index is 13.4. The number of carbonyl (C=O) groups is 2. The van der Waals surface area contributed by atoms with Crippen LogP contribution in [0.4, 0.5) is 5.69 Å². The van der Waals surface area contributed by atoms with Crippen LogP contribution in [0.3, 0.4) is 0 Å². The Labute approximate surface area is 215 Å². The summed E-state index contributed by atoms with van der Waals surface area (Å²) in [6.45, 7) is 8.93. The molecule has 196 valence electrons. The SMILES string of the molecule is CCCC(=O)Nc1ccc2c(c1)OC[C@H](C)N(CCc1ccccc1)C[C@@H](C)[C@H](OC)CN(C)C2=O. The van der Waals surface area contributed by atoms with Crippen molar-refractivity contribution in [3.63, 3.8) is 0 Å². The average Bonchev–Trinajstić information content (AvgIpc) is 2.87. The Kier molecular flexibility index (Phi) is 10.3. The van der Waals surface area contributed by atoms with Crippen LogP contribution in [0.5, 0.6) is 5.75 Å². The molecule has 0 bridgehead atoms. The normalized spacial score (nSPS) is 21.6. The van der Waals surface area contributed by atoms with Crippen molar-refractivity contribution in [2.45, 2.75) is 52.2 Å². The molecule has 2 aromatic rings. The number of methoxy groups -OCH3 is 1. The first-order valence-electron chi connectivity index (χ1n) is 12.9. The number of nitrogens with one attached hydrogen (secondary N) is 1. The molecule has 0 radical (unpaired) electrons. The van der Waals surface area contributed by atoms with Crippen molar-refractivity contribution in [2.75, 3.05) is 45.7 Å². The molecular formula is C29H41N3O4. The first kappa shape index (κ1) is 27.7. The smallest absolute Gasteiger partial charge is 0.257 e. The van der Waals surface area contributed by atoms with E-state index in [9.17, 15) is 9.59 Å². The number of hydrogen-bond acceptors (Lipinski definition) is 5.